The maximum atomic E-state index is 13.3. The first kappa shape index (κ1) is 13.9. The summed E-state index contributed by atoms with van der Waals surface area (Å²) in [5.74, 6) is 0.246. The van der Waals surface area contributed by atoms with Crippen molar-refractivity contribution in [2.45, 2.75) is 25.8 Å². The first-order valence-corrected chi connectivity index (χ1v) is 7.80. The zero-order valence-corrected chi connectivity index (χ0v) is 12.7. The number of hydrogen-bond acceptors (Lipinski definition) is 3. The van der Waals surface area contributed by atoms with Crippen LogP contribution in [0.5, 0.6) is 0 Å². The first-order valence-electron chi connectivity index (χ1n) is 7.80. The van der Waals surface area contributed by atoms with Gasteiger partial charge in [-0.3, -0.25) is 4.68 Å². The van der Waals surface area contributed by atoms with Gasteiger partial charge in [0.15, 0.2) is 0 Å². The summed E-state index contributed by atoms with van der Waals surface area (Å²) in [6.07, 6.45) is 5.00. The van der Waals surface area contributed by atoms with Crippen molar-refractivity contribution in [1.82, 2.24) is 14.8 Å². The minimum atomic E-state index is -0.243. The second kappa shape index (κ2) is 5.50. The van der Waals surface area contributed by atoms with Crippen molar-refractivity contribution in [3.63, 3.8) is 0 Å². The van der Waals surface area contributed by atoms with Crippen molar-refractivity contribution in [3.8, 4) is 22.4 Å². The third-order valence-electron chi connectivity index (χ3n) is 4.28. The summed E-state index contributed by atoms with van der Waals surface area (Å²) in [5.41, 5.74) is 11.0. The standard InChI is InChI=1S/C18H17FN4/c19-14-6-4-12(5-7-14)18-17(13-8-9-21-16(20)11-13)15-3-1-2-10-23(15)22-18/h4-9,11H,1-3,10H2,(H2,20,21). The number of halogens is 1. The van der Waals surface area contributed by atoms with Crippen LogP contribution in [0.25, 0.3) is 22.4 Å². The molecule has 0 saturated carbocycles. The third kappa shape index (κ3) is 2.48. The second-order valence-electron chi connectivity index (χ2n) is 5.83. The molecule has 0 radical (unpaired) electrons. The summed E-state index contributed by atoms with van der Waals surface area (Å²) < 4.78 is 15.3. The van der Waals surface area contributed by atoms with Crippen LogP contribution < -0.4 is 5.73 Å². The SMILES string of the molecule is Nc1cc(-c2c(-c3ccc(F)cc3)nn3c2CCCC3)ccn1. The number of nitrogen functional groups attached to an aromatic ring is 1. The van der Waals surface area contributed by atoms with E-state index in [0.29, 0.717) is 5.82 Å². The van der Waals surface area contributed by atoms with E-state index in [1.807, 2.05) is 12.1 Å². The summed E-state index contributed by atoms with van der Waals surface area (Å²) in [5, 5.41) is 4.79. The Bertz CT molecular complexity index is 852. The summed E-state index contributed by atoms with van der Waals surface area (Å²) in [4.78, 5) is 4.08. The second-order valence-corrected chi connectivity index (χ2v) is 5.83. The smallest absolute Gasteiger partial charge is 0.123 e. The van der Waals surface area contributed by atoms with Gasteiger partial charge in [0.25, 0.3) is 0 Å². The van der Waals surface area contributed by atoms with E-state index in [0.717, 1.165) is 48.2 Å². The molecule has 5 heteroatoms. The van der Waals surface area contributed by atoms with Crippen LogP contribution in [0.4, 0.5) is 10.2 Å². The Morgan fingerprint density at radius 1 is 1.04 bits per heavy atom. The van der Waals surface area contributed by atoms with Crippen LogP contribution in [0.2, 0.25) is 0 Å². The van der Waals surface area contributed by atoms with E-state index in [-0.39, 0.29) is 5.82 Å². The van der Waals surface area contributed by atoms with Crippen molar-refractivity contribution in [3.05, 3.63) is 54.1 Å². The van der Waals surface area contributed by atoms with E-state index in [1.54, 1.807) is 18.3 Å². The molecule has 2 N–H and O–H groups in total. The van der Waals surface area contributed by atoms with Crippen molar-refractivity contribution >= 4 is 5.82 Å². The molecule has 1 aliphatic rings. The van der Waals surface area contributed by atoms with Crippen molar-refractivity contribution in [2.24, 2.45) is 0 Å². The highest BCUT2D eigenvalue weighted by Crippen LogP contribution is 2.37. The number of hydrogen-bond donors (Lipinski definition) is 1. The van der Waals surface area contributed by atoms with Crippen LogP contribution in [0.15, 0.2) is 42.6 Å². The molecule has 2 aromatic heterocycles. The van der Waals surface area contributed by atoms with Crippen LogP contribution in [-0.4, -0.2) is 14.8 Å². The molecule has 0 bridgehead atoms. The van der Waals surface area contributed by atoms with Gasteiger partial charge in [-0.2, -0.15) is 5.10 Å². The van der Waals surface area contributed by atoms with Crippen LogP contribution in [-0.2, 0) is 13.0 Å². The molecule has 3 heterocycles. The number of nitrogens with two attached hydrogens (primary N) is 1. The topological polar surface area (TPSA) is 56.7 Å². The Morgan fingerprint density at radius 3 is 2.65 bits per heavy atom. The number of rotatable bonds is 2. The predicted molar refractivity (Wildman–Crippen MR) is 88.2 cm³/mol. The van der Waals surface area contributed by atoms with Gasteiger partial charge in [0.2, 0.25) is 0 Å². The van der Waals surface area contributed by atoms with Crippen LogP contribution in [0.1, 0.15) is 18.5 Å². The molecule has 3 aromatic rings. The fourth-order valence-corrected chi connectivity index (χ4v) is 3.21. The summed E-state index contributed by atoms with van der Waals surface area (Å²) in [6.45, 7) is 0.921. The highest BCUT2D eigenvalue weighted by atomic mass is 19.1. The highest BCUT2D eigenvalue weighted by Gasteiger charge is 2.22. The number of nitrogens with zero attached hydrogens (tertiary/aromatic N) is 3. The molecule has 0 saturated heterocycles. The van der Waals surface area contributed by atoms with E-state index in [4.69, 9.17) is 10.8 Å². The number of benzene rings is 1. The fraction of sp³-hybridized carbons (Fsp3) is 0.222. The lowest BCUT2D eigenvalue weighted by molar-refractivity contribution is 0.487. The average molecular weight is 308 g/mol. The molecule has 1 aromatic carbocycles. The number of aryl methyl sites for hydroxylation is 1. The molecule has 0 spiro atoms. The lowest BCUT2D eigenvalue weighted by atomic mass is 9.96. The number of aromatic nitrogens is 3. The summed E-state index contributed by atoms with van der Waals surface area (Å²) in [6, 6.07) is 10.3. The zero-order valence-electron chi connectivity index (χ0n) is 12.7. The molecular formula is C18H17FN4. The van der Waals surface area contributed by atoms with Gasteiger partial charge in [-0.1, -0.05) is 0 Å². The van der Waals surface area contributed by atoms with Crippen LogP contribution >= 0.6 is 0 Å². The Balaban J connectivity index is 1.95. The molecule has 0 atom stereocenters. The molecule has 4 nitrogen and oxygen atoms in total. The predicted octanol–water partition coefficient (Wildman–Crippen LogP) is 3.67. The maximum absolute atomic E-state index is 13.3. The average Bonchev–Trinajstić information content (AvgIpc) is 2.95. The molecule has 0 unspecified atom stereocenters. The molecule has 23 heavy (non-hydrogen) atoms. The van der Waals surface area contributed by atoms with Gasteiger partial charge in [0.05, 0.1) is 0 Å². The molecule has 1 aliphatic heterocycles. The normalized spacial score (nSPS) is 13.8. The van der Waals surface area contributed by atoms with E-state index in [1.165, 1.54) is 17.8 Å². The zero-order chi connectivity index (χ0) is 15.8. The highest BCUT2D eigenvalue weighted by molar-refractivity contribution is 5.83. The van der Waals surface area contributed by atoms with Gasteiger partial charge in [-0.05, 0) is 61.2 Å². The minimum absolute atomic E-state index is 0.243. The Labute approximate surface area is 133 Å². The Kier molecular flexibility index (Phi) is 3.33. The van der Waals surface area contributed by atoms with Gasteiger partial charge in [-0.15, -0.1) is 0 Å². The lowest BCUT2D eigenvalue weighted by Gasteiger charge is -2.14. The monoisotopic (exact) mass is 308 g/mol. The molecule has 4 rings (SSSR count). The molecule has 0 amide bonds. The van der Waals surface area contributed by atoms with Gasteiger partial charge in [0, 0.05) is 29.6 Å². The Morgan fingerprint density at radius 2 is 1.87 bits per heavy atom. The summed E-state index contributed by atoms with van der Waals surface area (Å²) >= 11 is 0. The maximum Gasteiger partial charge on any atom is 0.123 e. The van der Waals surface area contributed by atoms with Crippen molar-refractivity contribution < 1.29 is 4.39 Å². The van der Waals surface area contributed by atoms with Gasteiger partial charge < -0.3 is 5.73 Å². The minimum Gasteiger partial charge on any atom is -0.384 e. The summed E-state index contributed by atoms with van der Waals surface area (Å²) in [7, 11) is 0. The number of anilines is 1. The molecule has 116 valence electrons. The quantitative estimate of drug-likeness (QED) is 0.786. The van der Waals surface area contributed by atoms with E-state index < -0.39 is 0 Å². The first-order chi connectivity index (χ1) is 11.2. The van der Waals surface area contributed by atoms with Crippen molar-refractivity contribution in [2.75, 3.05) is 5.73 Å². The number of pyridine rings is 1. The Hall–Kier alpha value is -2.69. The van der Waals surface area contributed by atoms with E-state index in [2.05, 4.69) is 9.67 Å². The van der Waals surface area contributed by atoms with Crippen molar-refractivity contribution in [1.29, 1.82) is 0 Å². The van der Waals surface area contributed by atoms with Gasteiger partial charge >= 0.3 is 0 Å². The largest absolute Gasteiger partial charge is 0.384 e. The van der Waals surface area contributed by atoms with E-state index in [9.17, 15) is 4.39 Å². The van der Waals surface area contributed by atoms with E-state index >= 15 is 0 Å². The van der Waals surface area contributed by atoms with Crippen LogP contribution in [0, 0.1) is 5.82 Å². The van der Waals surface area contributed by atoms with Gasteiger partial charge in [0.1, 0.15) is 17.3 Å². The molecule has 0 fully saturated rings. The molecular weight excluding hydrogens is 291 g/mol. The lowest BCUT2D eigenvalue weighted by Crippen LogP contribution is -2.11. The fourth-order valence-electron chi connectivity index (χ4n) is 3.21. The van der Waals surface area contributed by atoms with Gasteiger partial charge in [-0.25, -0.2) is 9.37 Å². The number of fused-ring (bicyclic) bond motifs is 1. The third-order valence-corrected chi connectivity index (χ3v) is 4.28. The molecule has 0 aliphatic carbocycles. The van der Waals surface area contributed by atoms with Crippen LogP contribution in [0.3, 0.4) is 0 Å².